The first kappa shape index (κ1) is 10.2. The van der Waals surface area contributed by atoms with Crippen LogP contribution in [0.2, 0.25) is 0 Å². The van der Waals surface area contributed by atoms with E-state index in [1.54, 1.807) is 12.1 Å². The van der Waals surface area contributed by atoms with Crippen molar-refractivity contribution in [3.8, 4) is 0 Å². The Balaban J connectivity index is 2.58. The predicted molar refractivity (Wildman–Crippen MR) is 51.5 cm³/mol. The summed E-state index contributed by atoms with van der Waals surface area (Å²) in [7, 11) is 0. The minimum atomic E-state index is -0.197. The second-order valence-electron chi connectivity index (χ2n) is 3.10. The molecular weight excluding hydrogens is 167 g/mol. The fraction of sp³-hybridized carbons (Fsp3) is 0.400. The molecule has 0 heterocycles. The molecule has 0 fully saturated rings. The first-order valence-corrected chi connectivity index (χ1v) is 4.46. The molecule has 0 radical (unpaired) electrons. The Hall–Kier alpha value is -0.930. The molecule has 0 aromatic heterocycles. The van der Waals surface area contributed by atoms with E-state index in [1.165, 1.54) is 12.1 Å². The number of halogens is 1. The van der Waals surface area contributed by atoms with Gasteiger partial charge in [0, 0.05) is 6.04 Å². The van der Waals surface area contributed by atoms with E-state index in [1.807, 2.05) is 0 Å². The highest BCUT2D eigenvalue weighted by atomic mass is 19.1. The molecular formula is C10H15FN2. The molecule has 3 heteroatoms. The fourth-order valence-electron chi connectivity index (χ4n) is 1.23. The lowest BCUT2D eigenvalue weighted by Gasteiger charge is -2.12. The van der Waals surface area contributed by atoms with Crippen LogP contribution in [0.5, 0.6) is 0 Å². The zero-order valence-electron chi connectivity index (χ0n) is 7.76. The summed E-state index contributed by atoms with van der Waals surface area (Å²) < 4.78 is 12.5. The van der Waals surface area contributed by atoms with Gasteiger partial charge in [-0.25, -0.2) is 4.39 Å². The zero-order valence-corrected chi connectivity index (χ0v) is 7.76. The molecule has 0 aliphatic carbocycles. The van der Waals surface area contributed by atoms with E-state index in [2.05, 4.69) is 12.3 Å². The van der Waals surface area contributed by atoms with E-state index in [9.17, 15) is 4.39 Å². The van der Waals surface area contributed by atoms with Gasteiger partial charge >= 0.3 is 0 Å². The summed E-state index contributed by atoms with van der Waals surface area (Å²) in [6.07, 6.45) is 1.81. The Morgan fingerprint density at radius 1 is 1.38 bits per heavy atom. The monoisotopic (exact) mass is 182 g/mol. The number of benzene rings is 1. The Kier molecular flexibility index (Phi) is 3.86. The van der Waals surface area contributed by atoms with Gasteiger partial charge in [0.2, 0.25) is 0 Å². The highest BCUT2D eigenvalue weighted by Crippen LogP contribution is 2.06. The van der Waals surface area contributed by atoms with Crippen LogP contribution in [0.25, 0.3) is 0 Å². The number of nitrogens with one attached hydrogen (secondary N) is 1. The van der Waals surface area contributed by atoms with Crippen LogP contribution in [-0.2, 0) is 6.42 Å². The topological polar surface area (TPSA) is 38.0 Å². The van der Waals surface area contributed by atoms with Crippen LogP contribution in [0, 0.1) is 5.82 Å². The van der Waals surface area contributed by atoms with Crippen LogP contribution in [-0.4, -0.2) is 6.04 Å². The molecule has 0 aliphatic heterocycles. The van der Waals surface area contributed by atoms with Crippen LogP contribution in [0.15, 0.2) is 24.3 Å². The second kappa shape index (κ2) is 4.94. The van der Waals surface area contributed by atoms with Crippen molar-refractivity contribution in [1.82, 2.24) is 5.43 Å². The van der Waals surface area contributed by atoms with Gasteiger partial charge in [-0.15, -0.1) is 0 Å². The zero-order chi connectivity index (χ0) is 9.68. The lowest BCUT2D eigenvalue weighted by Crippen LogP contribution is -2.36. The lowest BCUT2D eigenvalue weighted by atomic mass is 10.0. The van der Waals surface area contributed by atoms with Crippen molar-refractivity contribution in [3.63, 3.8) is 0 Å². The molecule has 2 nitrogen and oxygen atoms in total. The van der Waals surface area contributed by atoms with Crippen molar-refractivity contribution in [3.05, 3.63) is 35.6 Å². The minimum absolute atomic E-state index is 0.197. The number of hydrogen-bond donors (Lipinski definition) is 2. The Morgan fingerprint density at radius 3 is 2.46 bits per heavy atom. The van der Waals surface area contributed by atoms with E-state index in [0.29, 0.717) is 0 Å². The number of rotatable bonds is 4. The predicted octanol–water partition coefficient (Wildman–Crippen LogP) is 1.61. The van der Waals surface area contributed by atoms with Gasteiger partial charge in [-0.05, 0) is 30.5 Å². The second-order valence-corrected chi connectivity index (χ2v) is 3.10. The highest BCUT2D eigenvalue weighted by Gasteiger charge is 2.04. The largest absolute Gasteiger partial charge is 0.271 e. The molecule has 1 aromatic carbocycles. The van der Waals surface area contributed by atoms with Crippen molar-refractivity contribution in [2.75, 3.05) is 0 Å². The van der Waals surface area contributed by atoms with Gasteiger partial charge in [0.1, 0.15) is 5.82 Å². The molecule has 1 aromatic rings. The van der Waals surface area contributed by atoms with Gasteiger partial charge in [-0.3, -0.25) is 11.3 Å². The number of nitrogens with two attached hydrogens (primary N) is 1. The van der Waals surface area contributed by atoms with E-state index in [4.69, 9.17) is 5.84 Å². The standard InChI is InChI=1S/C10H15FN2/c1-2-10(13-12)7-8-3-5-9(11)6-4-8/h3-6,10,13H,2,7,12H2,1H3. The molecule has 0 saturated heterocycles. The van der Waals surface area contributed by atoms with Crippen molar-refractivity contribution >= 4 is 0 Å². The van der Waals surface area contributed by atoms with Crippen LogP contribution in [0.1, 0.15) is 18.9 Å². The molecule has 0 aliphatic rings. The van der Waals surface area contributed by atoms with Gasteiger partial charge in [-0.1, -0.05) is 19.1 Å². The molecule has 1 unspecified atom stereocenters. The van der Waals surface area contributed by atoms with Gasteiger partial charge in [0.05, 0.1) is 0 Å². The SMILES string of the molecule is CCC(Cc1ccc(F)cc1)NN. The maximum Gasteiger partial charge on any atom is 0.123 e. The molecule has 3 N–H and O–H groups in total. The molecule has 0 spiro atoms. The molecule has 72 valence electrons. The van der Waals surface area contributed by atoms with Gasteiger partial charge in [0.25, 0.3) is 0 Å². The molecule has 1 atom stereocenters. The van der Waals surface area contributed by atoms with Gasteiger partial charge in [-0.2, -0.15) is 0 Å². The summed E-state index contributed by atoms with van der Waals surface area (Å²) in [5.74, 6) is 5.14. The van der Waals surface area contributed by atoms with Crippen LogP contribution >= 0.6 is 0 Å². The maximum atomic E-state index is 12.5. The average molecular weight is 182 g/mol. The average Bonchev–Trinajstić information content (AvgIpc) is 2.17. The summed E-state index contributed by atoms with van der Waals surface area (Å²) in [6.45, 7) is 2.06. The summed E-state index contributed by atoms with van der Waals surface area (Å²) in [5, 5.41) is 0. The molecule has 0 amide bonds. The molecule has 13 heavy (non-hydrogen) atoms. The molecule has 1 rings (SSSR count). The Bertz CT molecular complexity index is 242. The van der Waals surface area contributed by atoms with Crippen molar-refractivity contribution < 1.29 is 4.39 Å². The van der Waals surface area contributed by atoms with E-state index < -0.39 is 0 Å². The Morgan fingerprint density at radius 2 is 2.00 bits per heavy atom. The Labute approximate surface area is 77.9 Å². The molecule has 0 saturated carbocycles. The smallest absolute Gasteiger partial charge is 0.123 e. The number of hydrazine groups is 1. The van der Waals surface area contributed by atoms with Crippen molar-refractivity contribution in [1.29, 1.82) is 0 Å². The summed E-state index contributed by atoms with van der Waals surface area (Å²) in [5.41, 5.74) is 3.82. The number of hydrogen-bond acceptors (Lipinski definition) is 2. The van der Waals surface area contributed by atoms with E-state index in [-0.39, 0.29) is 11.9 Å². The molecule has 0 bridgehead atoms. The van der Waals surface area contributed by atoms with Crippen molar-refractivity contribution in [2.24, 2.45) is 5.84 Å². The van der Waals surface area contributed by atoms with Gasteiger partial charge < -0.3 is 0 Å². The first-order valence-electron chi connectivity index (χ1n) is 4.46. The summed E-state index contributed by atoms with van der Waals surface area (Å²) in [4.78, 5) is 0. The van der Waals surface area contributed by atoms with E-state index >= 15 is 0 Å². The van der Waals surface area contributed by atoms with Gasteiger partial charge in [0.15, 0.2) is 0 Å². The minimum Gasteiger partial charge on any atom is -0.271 e. The van der Waals surface area contributed by atoms with Crippen LogP contribution in [0.3, 0.4) is 0 Å². The van der Waals surface area contributed by atoms with Crippen LogP contribution in [0.4, 0.5) is 4.39 Å². The lowest BCUT2D eigenvalue weighted by molar-refractivity contribution is 0.510. The van der Waals surface area contributed by atoms with E-state index in [0.717, 1.165) is 18.4 Å². The van der Waals surface area contributed by atoms with Crippen molar-refractivity contribution in [2.45, 2.75) is 25.8 Å². The quantitative estimate of drug-likeness (QED) is 0.548. The summed E-state index contributed by atoms with van der Waals surface area (Å²) in [6, 6.07) is 6.78. The fourth-order valence-corrected chi connectivity index (χ4v) is 1.23. The first-order chi connectivity index (χ1) is 6.26. The van der Waals surface area contributed by atoms with Crippen LogP contribution < -0.4 is 11.3 Å². The highest BCUT2D eigenvalue weighted by molar-refractivity contribution is 5.17. The summed E-state index contributed by atoms with van der Waals surface area (Å²) >= 11 is 0. The third kappa shape index (κ3) is 3.13. The third-order valence-electron chi connectivity index (χ3n) is 2.12. The maximum absolute atomic E-state index is 12.5. The normalized spacial score (nSPS) is 12.8. The third-order valence-corrected chi connectivity index (χ3v) is 2.12.